The molecule has 3 N–H and O–H groups in total. The number of rotatable bonds is 11. The molecule has 0 aliphatic heterocycles. The maximum absolute atomic E-state index is 12.2. The molecule has 3 rings (SSSR count). The van der Waals surface area contributed by atoms with Crippen LogP contribution in [0, 0.1) is 0 Å². The molecule has 0 fully saturated rings. The summed E-state index contributed by atoms with van der Waals surface area (Å²) in [5.41, 5.74) is 3.54. The third-order valence-corrected chi connectivity index (χ3v) is 6.56. The molecule has 2 aromatic rings. The van der Waals surface area contributed by atoms with Gasteiger partial charge in [0.25, 0.3) is 0 Å². The second-order valence-corrected chi connectivity index (χ2v) is 9.18. The van der Waals surface area contributed by atoms with Gasteiger partial charge in [0, 0.05) is 42.1 Å². The van der Waals surface area contributed by atoms with Crippen LogP contribution in [-0.4, -0.2) is 41.6 Å². The number of nitrogens with zero attached hydrogens (tertiary/aromatic N) is 1. The molecule has 0 heterocycles. The van der Waals surface area contributed by atoms with E-state index in [4.69, 9.17) is 28.3 Å². The molecule has 8 heteroatoms. The number of hydrogen-bond acceptors (Lipinski definition) is 3. The normalized spacial score (nSPS) is 15.2. The summed E-state index contributed by atoms with van der Waals surface area (Å²) in [5.74, 6) is -0.766. The van der Waals surface area contributed by atoms with Gasteiger partial charge in [0.15, 0.2) is 0 Å². The number of aliphatic carboxylic acids is 1. The molecule has 2 aromatic carbocycles. The molecule has 2 amide bonds. The summed E-state index contributed by atoms with van der Waals surface area (Å²) in [6.45, 7) is 2.38. The van der Waals surface area contributed by atoms with Gasteiger partial charge in [-0.3, -0.25) is 9.69 Å². The second kappa shape index (κ2) is 12.8. The van der Waals surface area contributed by atoms with E-state index < -0.39 is 5.97 Å². The van der Waals surface area contributed by atoms with Gasteiger partial charge in [0.2, 0.25) is 0 Å². The Kier molecular flexibility index (Phi) is 9.85. The van der Waals surface area contributed by atoms with Crippen molar-refractivity contribution in [1.29, 1.82) is 0 Å². The number of hydrogen-bond donors (Lipinski definition) is 3. The van der Waals surface area contributed by atoms with Crippen molar-refractivity contribution in [2.24, 2.45) is 0 Å². The van der Waals surface area contributed by atoms with Crippen LogP contribution in [0.5, 0.6) is 0 Å². The van der Waals surface area contributed by atoms with Crippen molar-refractivity contribution >= 4 is 35.2 Å². The first-order valence-corrected chi connectivity index (χ1v) is 12.2. The van der Waals surface area contributed by atoms with Gasteiger partial charge in [-0.2, -0.15) is 0 Å². The van der Waals surface area contributed by atoms with Gasteiger partial charge < -0.3 is 15.7 Å². The van der Waals surface area contributed by atoms with E-state index >= 15 is 0 Å². The monoisotopic (exact) mass is 491 g/mol. The molecule has 0 saturated carbocycles. The van der Waals surface area contributed by atoms with E-state index in [1.165, 1.54) is 11.1 Å². The first kappa shape index (κ1) is 25.3. The quantitative estimate of drug-likeness (QED) is 0.366. The lowest BCUT2D eigenvalue weighted by molar-refractivity contribution is -0.137. The number of nitrogens with one attached hydrogen (secondary N) is 2. The number of halogens is 2. The van der Waals surface area contributed by atoms with Crippen LogP contribution < -0.4 is 10.6 Å². The van der Waals surface area contributed by atoms with Gasteiger partial charge in [-0.25, -0.2) is 4.79 Å². The zero-order valence-electron chi connectivity index (χ0n) is 18.7. The van der Waals surface area contributed by atoms with Crippen molar-refractivity contribution in [3.05, 3.63) is 69.2 Å². The highest BCUT2D eigenvalue weighted by Crippen LogP contribution is 2.34. The topological polar surface area (TPSA) is 81.7 Å². The molecule has 1 aliphatic carbocycles. The van der Waals surface area contributed by atoms with Gasteiger partial charge in [0.1, 0.15) is 0 Å². The van der Waals surface area contributed by atoms with E-state index in [2.05, 4.69) is 39.8 Å². The SMILES string of the molecule is O=C(O)CCCN(CCCNC(=O)NCc1ccc(Cl)cc1Cl)C1CCCc2ccccc21. The fourth-order valence-corrected chi connectivity index (χ4v) is 4.83. The molecular weight excluding hydrogens is 461 g/mol. The first-order valence-electron chi connectivity index (χ1n) is 11.4. The number of amides is 2. The molecule has 1 unspecified atom stereocenters. The van der Waals surface area contributed by atoms with Crippen LogP contribution in [0.4, 0.5) is 4.79 Å². The maximum atomic E-state index is 12.2. The molecule has 0 spiro atoms. The number of fused-ring (bicyclic) bond motifs is 1. The molecule has 0 aromatic heterocycles. The van der Waals surface area contributed by atoms with Crippen LogP contribution in [0.15, 0.2) is 42.5 Å². The molecule has 1 atom stereocenters. The fraction of sp³-hybridized carbons (Fsp3) is 0.440. The number of urea groups is 1. The van der Waals surface area contributed by atoms with Crippen LogP contribution >= 0.6 is 23.2 Å². The summed E-state index contributed by atoms with van der Waals surface area (Å²) < 4.78 is 0. The Morgan fingerprint density at radius 3 is 2.64 bits per heavy atom. The van der Waals surface area contributed by atoms with E-state index in [9.17, 15) is 9.59 Å². The van der Waals surface area contributed by atoms with E-state index in [-0.39, 0.29) is 12.5 Å². The molecule has 0 saturated heterocycles. The second-order valence-electron chi connectivity index (χ2n) is 8.34. The number of carboxylic acid groups (broad SMARTS) is 1. The van der Waals surface area contributed by atoms with Crippen LogP contribution in [-0.2, 0) is 17.8 Å². The third-order valence-electron chi connectivity index (χ3n) is 5.98. The van der Waals surface area contributed by atoms with Gasteiger partial charge in [0.05, 0.1) is 0 Å². The Morgan fingerprint density at radius 2 is 1.85 bits per heavy atom. The maximum Gasteiger partial charge on any atom is 0.315 e. The van der Waals surface area contributed by atoms with E-state index in [1.807, 2.05) is 0 Å². The number of carboxylic acids is 1. The number of benzene rings is 2. The van der Waals surface area contributed by atoms with Crippen molar-refractivity contribution < 1.29 is 14.7 Å². The van der Waals surface area contributed by atoms with Gasteiger partial charge in [-0.15, -0.1) is 0 Å². The van der Waals surface area contributed by atoms with E-state index in [1.54, 1.807) is 18.2 Å². The Hall–Kier alpha value is -2.28. The molecule has 33 heavy (non-hydrogen) atoms. The highest BCUT2D eigenvalue weighted by molar-refractivity contribution is 6.35. The van der Waals surface area contributed by atoms with Gasteiger partial charge in [-0.05, 0) is 67.5 Å². The number of carbonyl (C=O) groups excluding carboxylic acids is 1. The van der Waals surface area contributed by atoms with E-state index in [0.29, 0.717) is 35.6 Å². The molecule has 178 valence electrons. The Labute approximate surface area is 205 Å². The molecular formula is C25H31Cl2N3O3. The summed E-state index contributed by atoms with van der Waals surface area (Å²) >= 11 is 12.1. The van der Waals surface area contributed by atoms with Crippen LogP contribution in [0.1, 0.15) is 54.8 Å². The van der Waals surface area contributed by atoms with Crippen LogP contribution in [0.3, 0.4) is 0 Å². The van der Waals surface area contributed by atoms with Crippen molar-refractivity contribution in [1.82, 2.24) is 15.5 Å². The Balaban J connectivity index is 1.49. The van der Waals surface area contributed by atoms with Crippen molar-refractivity contribution in [3.8, 4) is 0 Å². The average molecular weight is 492 g/mol. The number of aryl methyl sites for hydroxylation is 1. The lowest BCUT2D eigenvalue weighted by atomic mass is 9.86. The Morgan fingerprint density at radius 1 is 1.06 bits per heavy atom. The Bertz CT molecular complexity index is 954. The first-order chi connectivity index (χ1) is 15.9. The standard InChI is InChI=1S/C25H31Cl2N3O3/c26-20-12-11-19(22(27)16-20)17-29-25(33)28-13-5-15-30(14-4-10-24(31)32)23-9-3-7-18-6-1-2-8-21(18)23/h1-2,6,8,11-12,16,23H,3-5,7,9-10,13-15,17H2,(H,31,32)(H2,28,29,33). The highest BCUT2D eigenvalue weighted by atomic mass is 35.5. The minimum Gasteiger partial charge on any atom is -0.481 e. The summed E-state index contributed by atoms with van der Waals surface area (Å²) in [5, 5.41) is 15.8. The molecule has 0 radical (unpaired) electrons. The van der Waals surface area contributed by atoms with Crippen molar-refractivity contribution in [2.75, 3.05) is 19.6 Å². The van der Waals surface area contributed by atoms with Crippen molar-refractivity contribution in [2.45, 2.75) is 51.1 Å². The molecule has 6 nitrogen and oxygen atoms in total. The predicted molar refractivity (Wildman–Crippen MR) is 132 cm³/mol. The van der Waals surface area contributed by atoms with Gasteiger partial charge >= 0.3 is 12.0 Å². The van der Waals surface area contributed by atoms with Crippen molar-refractivity contribution in [3.63, 3.8) is 0 Å². The summed E-state index contributed by atoms with van der Waals surface area (Å²) in [6.07, 6.45) is 4.85. The predicted octanol–water partition coefficient (Wildman–Crippen LogP) is 5.43. The molecule has 1 aliphatic rings. The van der Waals surface area contributed by atoms with Crippen LogP contribution in [0.25, 0.3) is 0 Å². The van der Waals surface area contributed by atoms with Crippen LogP contribution in [0.2, 0.25) is 10.0 Å². The minimum absolute atomic E-state index is 0.165. The lowest BCUT2D eigenvalue weighted by Crippen LogP contribution is -2.38. The summed E-state index contributed by atoms with van der Waals surface area (Å²) in [4.78, 5) is 25.6. The third kappa shape index (κ3) is 7.91. The van der Waals surface area contributed by atoms with E-state index in [0.717, 1.165) is 44.3 Å². The summed E-state index contributed by atoms with van der Waals surface area (Å²) in [6, 6.07) is 13.8. The number of carbonyl (C=O) groups is 2. The largest absolute Gasteiger partial charge is 0.481 e. The average Bonchev–Trinajstić information content (AvgIpc) is 2.79. The highest BCUT2D eigenvalue weighted by Gasteiger charge is 2.25. The minimum atomic E-state index is -0.766. The zero-order valence-corrected chi connectivity index (χ0v) is 20.2. The lowest BCUT2D eigenvalue weighted by Gasteiger charge is -2.36. The zero-order chi connectivity index (χ0) is 23.6. The summed E-state index contributed by atoms with van der Waals surface area (Å²) in [7, 11) is 0. The fourth-order valence-electron chi connectivity index (χ4n) is 4.35. The molecule has 0 bridgehead atoms. The van der Waals surface area contributed by atoms with Gasteiger partial charge in [-0.1, -0.05) is 53.5 Å². The smallest absolute Gasteiger partial charge is 0.315 e.